The minimum absolute atomic E-state index is 0. The number of carbonyl (C=O) groups excluding carboxylic acids is 1. The van der Waals surface area contributed by atoms with Crippen molar-refractivity contribution in [2.75, 3.05) is 26.6 Å². The summed E-state index contributed by atoms with van der Waals surface area (Å²) < 4.78 is 4.81. The van der Waals surface area contributed by atoms with Crippen molar-refractivity contribution in [2.45, 2.75) is 6.92 Å². The van der Waals surface area contributed by atoms with Crippen LogP contribution < -0.4 is 0 Å². The number of alkyl halides is 1. The maximum atomic E-state index is 11.2. The van der Waals surface area contributed by atoms with Gasteiger partial charge in [0.25, 0.3) is 0 Å². The van der Waals surface area contributed by atoms with E-state index in [1.165, 1.54) is 0 Å². The first-order valence-electron chi connectivity index (χ1n) is 3.74. The van der Waals surface area contributed by atoms with Crippen LogP contribution in [0.25, 0.3) is 0 Å². The van der Waals surface area contributed by atoms with Gasteiger partial charge in [0.15, 0.2) is 0 Å². The molecule has 0 unspecified atom stereocenters. The Kier molecular flexibility index (Phi) is 11.2. The molecule has 0 amide bonds. The van der Waals surface area contributed by atoms with Crippen molar-refractivity contribution in [1.82, 2.24) is 4.90 Å². The van der Waals surface area contributed by atoms with Crippen molar-refractivity contribution in [1.29, 1.82) is 0 Å². The van der Waals surface area contributed by atoms with Gasteiger partial charge in [-0.05, 0) is 13.0 Å². The number of halogens is 1. The van der Waals surface area contributed by atoms with Crippen molar-refractivity contribution >= 4 is 55.3 Å². The molecule has 0 spiro atoms. The van der Waals surface area contributed by atoms with Crippen LogP contribution in [-0.2, 0) is 9.53 Å². The van der Waals surface area contributed by atoms with Crippen molar-refractivity contribution in [3.63, 3.8) is 0 Å². The Hall–Kier alpha value is 0.560. The average Bonchev–Trinajstić information content (AvgIpc) is 1.99. The van der Waals surface area contributed by atoms with Crippen molar-refractivity contribution < 1.29 is 9.53 Å². The first-order chi connectivity index (χ1) is 5.63. The molecule has 0 aromatic carbocycles. The zero-order chi connectivity index (χ0) is 9.56. The number of ether oxygens (including phenoxy) is 1. The Labute approximate surface area is 114 Å². The average molecular weight is 234 g/mol. The van der Waals surface area contributed by atoms with Crippen LogP contribution in [0.15, 0.2) is 11.8 Å². The van der Waals surface area contributed by atoms with Crippen molar-refractivity contribution in [2.24, 2.45) is 0 Å². The van der Waals surface area contributed by atoms with Gasteiger partial charge >= 0.3 is 43.7 Å². The molecule has 0 heterocycles. The molecule has 0 radical (unpaired) electrons. The van der Waals surface area contributed by atoms with E-state index < -0.39 is 0 Å². The molecule has 0 aliphatic rings. The summed E-state index contributed by atoms with van der Waals surface area (Å²) in [5, 5.41) is 0. The summed E-state index contributed by atoms with van der Waals surface area (Å²) in [5.74, 6) is -0.0186. The van der Waals surface area contributed by atoms with Gasteiger partial charge in [-0.25, -0.2) is 4.79 Å². The van der Waals surface area contributed by atoms with Gasteiger partial charge < -0.3 is 9.64 Å². The van der Waals surface area contributed by atoms with Crippen LogP contribution in [0.4, 0.5) is 0 Å². The molecule has 0 atom stereocenters. The second-order valence-electron chi connectivity index (χ2n) is 2.36. The summed E-state index contributed by atoms with van der Waals surface area (Å²) in [6, 6.07) is 0. The van der Waals surface area contributed by atoms with Crippen LogP contribution >= 0.6 is 11.6 Å². The standard InChI is InChI=1S/C8H14ClNO2.Ca.2H/c1-4-12-8(11)7(5-6-9)10(2)3;;;/h5H,4,6H2,1-3H3;;;. The molecule has 0 saturated carbocycles. The van der Waals surface area contributed by atoms with Gasteiger partial charge in [-0.3, -0.25) is 0 Å². The van der Waals surface area contributed by atoms with Gasteiger partial charge in [0.2, 0.25) is 0 Å². The van der Waals surface area contributed by atoms with Gasteiger partial charge in [-0.2, -0.15) is 0 Å². The molecule has 0 bridgehead atoms. The first-order valence-corrected chi connectivity index (χ1v) is 4.27. The van der Waals surface area contributed by atoms with E-state index >= 15 is 0 Å². The predicted octanol–water partition coefficient (Wildman–Crippen LogP) is 0.318. The molecule has 13 heavy (non-hydrogen) atoms. The molecule has 0 aromatic heterocycles. The third kappa shape index (κ3) is 6.61. The molecule has 0 rings (SSSR count). The van der Waals surface area contributed by atoms with E-state index in [9.17, 15) is 4.79 Å². The molecular formula is C8H16CaClNO2. The second-order valence-corrected chi connectivity index (χ2v) is 2.67. The molecular weight excluding hydrogens is 218 g/mol. The molecule has 3 nitrogen and oxygen atoms in total. The van der Waals surface area contributed by atoms with E-state index in [2.05, 4.69) is 0 Å². The number of esters is 1. The molecule has 0 aromatic rings. The summed E-state index contributed by atoms with van der Waals surface area (Å²) in [7, 11) is 3.55. The van der Waals surface area contributed by atoms with E-state index in [1.54, 1.807) is 32.0 Å². The summed E-state index contributed by atoms with van der Waals surface area (Å²) >= 11 is 5.47. The normalized spacial score (nSPS) is 10.3. The maximum absolute atomic E-state index is 11.2. The van der Waals surface area contributed by atoms with Crippen LogP contribution in [0, 0.1) is 0 Å². The van der Waals surface area contributed by atoms with Gasteiger partial charge in [-0.15, -0.1) is 11.6 Å². The number of nitrogens with zero attached hydrogens (tertiary/aromatic N) is 1. The monoisotopic (exact) mass is 233 g/mol. The van der Waals surface area contributed by atoms with Crippen LogP contribution in [0.5, 0.6) is 0 Å². The van der Waals surface area contributed by atoms with E-state index in [-0.39, 0.29) is 43.7 Å². The summed E-state index contributed by atoms with van der Waals surface area (Å²) in [4.78, 5) is 12.9. The number of likely N-dealkylation sites (N-methyl/N-ethyl adjacent to an activating group) is 1. The number of hydrogen-bond acceptors (Lipinski definition) is 3. The minimum atomic E-state index is -0.330. The van der Waals surface area contributed by atoms with E-state index in [0.29, 0.717) is 18.2 Å². The summed E-state index contributed by atoms with van der Waals surface area (Å²) in [6.45, 7) is 2.15. The molecule has 0 aliphatic heterocycles. The van der Waals surface area contributed by atoms with Gasteiger partial charge in [0.1, 0.15) is 5.70 Å². The Morgan fingerprint density at radius 1 is 1.54 bits per heavy atom. The molecule has 0 saturated heterocycles. The number of carbonyl (C=O) groups is 1. The van der Waals surface area contributed by atoms with E-state index in [4.69, 9.17) is 16.3 Å². The van der Waals surface area contributed by atoms with Crippen molar-refractivity contribution in [3.05, 3.63) is 11.8 Å². The Balaban J connectivity index is 0. The topological polar surface area (TPSA) is 29.5 Å². The van der Waals surface area contributed by atoms with Crippen LogP contribution in [0.1, 0.15) is 6.92 Å². The Morgan fingerprint density at radius 3 is 2.38 bits per heavy atom. The number of hydrogen-bond donors (Lipinski definition) is 0. The predicted molar refractivity (Wildman–Crippen MR) is 57.7 cm³/mol. The van der Waals surface area contributed by atoms with E-state index in [1.807, 2.05) is 0 Å². The first kappa shape index (κ1) is 16.0. The van der Waals surface area contributed by atoms with Gasteiger partial charge in [0.05, 0.1) is 6.61 Å². The van der Waals surface area contributed by atoms with Crippen LogP contribution in [0.3, 0.4) is 0 Å². The second kappa shape index (κ2) is 9.13. The molecule has 0 fully saturated rings. The summed E-state index contributed by atoms with van der Waals surface area (Å²) in [5.41, 5.74) is 0.492. The number of rotatable bonds is 4. The Morgan fingerprint density at radius 2 is 2.08 bits per heavy atom. The molecule has 0 N–H and O–H groups in total. The fourth-order valence-electron chi connectivity index (χ4n) is 0.727. The molecule has 74 valence electrons. The fourth-order valence-corrected chi connectivity index (χ4v) is 0.873. The fraction of sp³-hybridized carbons (Fsp3) is 0.625. The third-order valence-electron chi connectivity index (χ3n) is 1.24. The molecule has 0 aliphatic carbocycles. The summed E-state index contributed by atoms with van der Waals surface area (Å²) in [6.07, 6.45) is 1.62. The Bertz CT molecular complexity index is 183. The van der Waals surface area contributed by atoms with Gasteiger partial charge in [-0.1, -0.05) is 0 Å². The van der Waals surface area contributed by atoms with Gasteiger partial charge in [0, 0.05) is 20.0 Å². The number of allylic oxidation sites excluding steroid dienone is 1. The van der Waals surface area contributed by atoms with Crippen LogP contribution in [0.2, 0.25) is 0 Å². The zero-order valence-electron chi connectivity index (χ0n) is 7.63. The molecule has 5 heteroatoms. The SMILES string of the molecule is CCOC(=O)C(=CCCl)N(C)C.[CaH2]. The zero-order valence-corrected chi connectivity index (χ0v) is 8.39. The van der Waals surface area contributed by atoms with E-state index in [0.717, 1.165) is 0 Å². The van der Waals surface area contributed by atoms with Crippen LogP contribution in [-0.4, -0.2) is 75.2 Å². The third-order valence-corrected chi connectivity index (χ3v) is 1.39. The quantitative estimate of drug-likeness (QED) is 0.303. The van der Waals surface area contributed by atoms with Crippen molar-refractivity contribution in [3.8, 4) is 0 Å².